The molecule has 7 heteroatoms. The summed E-state index contributed by atoms with van der Waals surface area (Å²) in [6, 6.07) is 14.9. The molecule has 0 aliphatic carbocycles. The van der Waals surface area contributed by atoms with E-state index in [1.54, 1.807) is 31.4 Å². The van der Waals surface area contributed by atoms with Crippen molar-refractivity contribution in [2.45, 2.75) is 20.0 Å². The third-order valence-corrected chi connectivity index (χ3v) is 5.09. The number of anilines is 1. The second-order valence-electron chi connectivity index (χ2n) is 6.64. The van der Waals surface area contributed by atoms with Gasteiger partial charge in [0.25, 0.3) is 5.91 Å². The van der Waals surface area contributed by atoms with E-state index in [2.05, 4.69) is 5.32 Å². The molecule has 0 radical (unpaired) electrons. The molecule has 3 aromatic rings. The quantitative estimate of drug-likeness (QED) is 0.344. The van der Waals surface area contributed by atoms with Crippen molar-refractivity contribution < 1.29 is 19.1 Å². The third kappa shape index (κ3) is 4.50. The van der Waals surface area contributed by atoms with E-state index in [9.17, 15) is 14.9 Å². The lowest BCUT2D eigenvalue weighted by Crippen LogP contribution is -2.17. The van der Waals surface area contributed by atoms with Crippen molar-refractivity contribution in [3.05, 3.63) is 64.5 Å². The standard InChI is InChI=1S/C23H20N2O4S/c1-14(2)29-23(27)18-10-11-30-22(18)25-21(26)16(13-24)12-19-17-7-5-4-6-15(17)8-9-20(19)28-3/h4-12,14H,1-3H3,(H,25,26)/b16-12+. The van der Waals surface area contributed by atoms with Crippen molar-refractivity contribution in [3.8, 4) is 11.8 Å². The Balaban J connectivity index is 1.95. The Morgan fingerprint density at radius 1 is 1.17 bits per heavy atom. The zero-order valence-electron chi connectivity index (χ0n) is 16.8. The summed E-state index contributed by atoms with van der Waals surface area (Å²) in [6.07, 6.45) is 1.21. The number of nitrogens with one attached hydrogen (secondary N) is 1. The fourth-order valence-corrected chi connectivity index (χ4v) is 3.68. The molecule has 1 heterocycles. The van der Waals surface area contributed by atoms with Crippen molar-refractivity contribution in [2.75, 3.05) is 12.4 Å². The van der Waals surface area contributed by atoms with Gasteiger partial charge >= 0.3 is 5.97 Å². The molecule has 0 spiro atoms. The number of nitrogens with zero attached hydrogens (tertiary/aromatic N) is 1. The minimum atomic E-state index is -0.617. The molecule has 0 bridgehead atoms. The van der Waals surface area contributed by atoms with Crippen LogP contribution in [0.3, 0.4) is 0 Å². The van der Waals surface area contributed by atoms with E-state index in [4.69, 9.17) is 9.47 Å². The van der Waals surface area contributed by atoms with Gasteiger partial charge in [-0.3, -0.25) is 4.79 Å². The van der Waals surface area contributed by atoms with Crippen LogP contribution >= 0.6 is 11.3 Å². The minimum Gasteiger partial charge on any atom is -0.496 e. The van der Waals surface area contributed by atoms with E-state index in [-0.39, 0.29) is 17.2 Å². The van der Waals surface area contributed by atoms with Gasteiger partial charge in [0.2, 0.25) is 0 Å². The van der Waals surface area contributed by atoms with Gasteiger partial charge in [0.05, 0.1) is 18.8 Å². The number of thiophene rings is 1. The third-order valence-electron chi connectivity index (χ3n) is 4.26. The number of carbonyl (C=O) groups excluding carboxylic acids is 2. The number of ether oxygens (including phenoxy) is 2. The van der Waals surface area contributed by atoms with Crippen LogP contribution in [0.2, 0.25) is 0 Å². The lowest BCUT2D eigenvalue weighted by Gasteiger charge is -2.10. The van der Waals surface area contributed by atoms with Gasteiger partial charge in [0.1, 0.15) is 22.4 Å². The summed E-state index contributed by atoms with van der Waals surface area (Å²) in [5, 5.41) is 16.1. The summed E-state index contributed by atoms with van der Waals surface area (Å²) >= 11 is 1.18. The molecule has 0 unspecified atom stereocenters. The molecule has 0 saturated heterocycles. The van der Waals surface area contributed by atoms with Gasteiger partial charge in [-0.25, -0.2) is 4.79 Å². The molecule has 6 nitrogen and oxygen atoms in total. The molecule has 30 heavy (non-hydrogen) atoms. The molecule has 1 aromatic heterocycles. The topological polar surface area (TPSA) is 88.4 Å². The van der Waals surface area contributed by atoms with Crippen molar-refractivity contribution in [2.24, 2.45) is 0 Å². The Kier molecular flexibility index (Phi) is 6.50. The Labute approximate surface area is 178 Å². The highest BCUT2D eigenvalue weighted by molar-refractivity contribution is 7.14. The van der Waals surface area contributed by atoms with Crippen molar-refractivity contribution >= 4 is 45.1 Å². The molecule has 152 valence electrons. The maximum atomic E-state index is 12.8. The second kappa shape index (κ2) is 9.25. The molecule has 2 aromatic carbocycles. The zero-order chi connectivity index (χ0) is 21.7. The number of hydrogen-bond donors (Lipinski definition) is 1. The number of hydrogen-bond acceptors (Lipinski definition) is 6. The highest BCUT2D eigenvalue weighted by Crippen LogP contribution is 2.31. The van der Waals surface area contributed by atoms with Gasteiger partial charge in [-0.05, 0) is 48.2 Å². The first-order valence-electron chi connectivity index (χ1n) is 9.22. The summed E-state index contributed by atoms with van der Waals surface area (Å²) in [5.41, 5.74) is 0.774. The lowest BCUT2D eigenvalue weighted by molar-refractivity contribution is -0.112. The second-order valence-corrected chi connectivity index (χ2v) is 7.56. The summed E-state index contributed by atoms with van der Waals surface area (Å²) in [5.74, 6) is -0.597. The van der Waals surface area contributed by atoms with Crippen molar-refractivity contribution in [1.29, 1.82) is 5.26 Å². The maximum Gasteiger partial charge on any atom is 0.341 e. The van der Waals surface area contributed by atoms with Crippen molar-refractivity contribution in [3.63, 3.8) is 0 Å². The number of amides is 1. The van der Waals surface area contributed by atoms with Gasteiger partial charge in [0.15, 0.2) is 0 Å². The summed E-state index contributed by atoms with van der Waals surface area (Å²) < 4.78 is 10.6. The lowest BCUT2D eigenvalue weighted by atomic mass is 10.0. The van der Waals surface area contributed by atoms with Gasteiger partial charge in [-0.15, -0.1) is 11.3 Å². The SMILES string of the molecule is COc1ccc2ccccc2c1/C=C(\C#N)C(=O)Nc1sccc1C(=O)OC(C)C. The Hall–Kier alpha value is -3.63. The van der Waals surface area contributed by atoms with Gasteiger partial charge < -0.3 is 14.8 Å². The smallest absolute Gasteiger partial charge is 0.341 e. The molecule has 0 aliphatic rings. The number of rotatable bonds is 6. The van der Waals surface area contributed by atoms with Gasteiger partial charge in [-0.1, -0.05) is 30.3 Å². The highest BCUT2D eigenvalue weighted by atomic mass is 32.1. The average molecular weight is 420 g/mol. The predicted molar refractivity (Wildman–Crippen MR) is 118 cm³/mol. The van der Waals surface area contributed by atoms with Crippen LogP contribution in [0.25, 0.3) is 16.8 Å². The maximum absolute atomic E-state index is 12.8. The molecule has 1 amide bonds. The normalized spacial score (nSPS) is 11.2. The number of carbonyl (C=O) groups is 2. The molecule has 0 atom stereocenters. The molecule has 0 fully saturated rings. The van der Waals surface area contributed by atoms with Gasteiger partial charge in [-0.2, -0.15) is 5.26 Å². The van der Waals surface area contributed by atoms with Crippen LogP contribution in [0, 0.1) is 11.3 Å². The van der Waals surface area contributed by atoms with Crippen LogP contribution in [-0.4, -0.2) is 25.1 Å². The van der Waals surface area contributed by atoms with Crippen LogP contribution in [0.5, 0.6) is 5.75 Å². The average Bonchev–Trinajstić information content (AvgIpc) is 3.19. The Morgan fingerprint density at radius 3 is 2.63 bits per heavy atom. The van der Waals surface area contributed by atoms with E-state index < -0.39 is 11.9 Å². The molecular weight excluding hydrogens is 400 g/mol. The van der Waals surface area contributed by atoms with Crippen LogP contribution in [0.4, 0.5) is 5.00 Å². The minimum absolute atomic E-state index is 0.110. The number of benzene rings is 2. The largest absolute Gasteiger partial charge is 0.496 e. The fraction of sp³-hybridized carbons (Fsp3) is 0.174. The molecule has 0 aliphatic heterocycles. The highest BCUT2D eigenvalue weighted by Gasteiger charge is 2.19. The number of esters is 1. The monoisotopic (exact) mass is 420 g/mol. The fourth-order valence-electron chi connectivity index (χ4n) is 2.91. The van der Waals surface area contributed by atoms with Crippen LogP contribution < -0.4 is 10.1 Å². The number of fused-ring (bicyclic) bond motifs is 1. The molecule has 3 rings (SSSR count). The summed E-state index contributed by atoms with van der Waals surface area (Å²) in [4.78, 5) is 25.0. The van der Waals surface area contributed by atoms with E-state index in [0.717, 1.165) is 10.8 Å². The van der Waals surface area contributed by atoms with E-state index in [1.807, 2.05) is 36.4 Å². The first-order chi connectivity index (χ1) is 14.4. The van der Waals surface area contributed by atoms with Crippen LogP contribution in [-0.2, 0) is 9.53 Å². The molecule has 1 N–H and O–H groups in total. The van der Waals surface area contributed by atoms with Crippen LogP contribution in [0.1, 0.15) is 29.8 Å². The molecule has 0 saturated carbocycles. The zero-order valence-corrected chi connectivity index (χ0v) is 17.6. The van der Waals surface area contributed by atoms with Gasteiger partial charge in [0, 0.05) is 5.56 Å². The van der Waals surface area contributed by atoms with Crippen LogP contribution in [0.15, 0.2) is 53.4 Å². The molecular formula is C23H20N2O4S. The van der Waals surface area contributed by atoms with E-state index in [1.165, 1.54) is 24.5 Å². The van der Waals surface area contributed by atoms with Crippen molar-refractivity contribution in [1.82, 2.24) is 0 Å². The van der Waals surface area contributed by atoms with E-state index >= 15 is 0 Å². The summed E-state index contributed by atoms with van der Waals surface area (Å²) in [6.45, 7) is 3.49. The first-order valence-corrected chi connectivity index (χ1v) is 10.1. The Bertz CT molecular complexity index is 1170. The predicted octanol–water partition coefficient (Wildman–Crippen LogP) is 5.02. The number of nitriles is 1. The Morgan fingerprint density at radius 2 is 1.93 bits per heavy atom. The summed E-state index contributed by atoms with van der Waals surface area (Å²) in [7, 11) is 1.53. The van der Waals surface area contributed by atoms with E-state index in [0.29, 0.717) is 16.3 Å². The number of methoxy groups -OCH3 is 1. The first kappa shape index (κ1) is 21.1.